The molecule has 1 aromatic heterocycles. The number of likely N-dealkylation sites (tertiary alicyclic amines) is 2. The summed E-state index contributed by atoms with van der Waals surface area (Å²) in [5.74, 6) is -1.79. The molecule has 45 heavy (non-hydrogen) atoms. The number of rotatable bonds is 4. The van der Waals surface area contributed by atoms with Crippen molar-refractivity contribution in [1.82, 2.24) is 20.1 Å². The van der Waals surface area contributed by atoms with Gasteiger partial charge in [-0.15, -0.1) is 0 Å². The summed E-state index contributed by atoms with van der Waals surface area (Å²) in [6.07, 6.45) is 1.74. The second-order valence-corrected chi connectivity index (χ2v) is 14.3. The number of ether oxygens (including phenoxy) is 3. The van der Waals surface area contributed by atoms with Crippen molar-refractivity contribution in [3.63, 3.8) is 0 Å². The second kappa shape index (κ2) is 9.51. The smallest absolute Gasteiger partial charge is 0.407 e. The van der Waals surface area contributed by atoms with Gasteiger partial charge >= 0.3 is 6.09 Å². The fourth-order valence-electron chi connectivity index (χ4n) is 9.99. The lowest BCUT2D eigenvalue weighted by molar-refractivity contribution is -0.150. The third-order valence-electron chi connectivity index (χ3n) is 11.8. The van der Waals surface area contributed by atoms with E-state index in [2.05, 4.69) is 21.7 Å². The molecule has 238 valence electrons. The van der Waals surface area contributed by atoms with Crippen LogP contribution in [0.3, 0.4) is 0 Å². The number of nitrogens with zero attached hydrogens (tertiary/aromatic N) is 4. The van der Waals surface area contributed by atoms with Crippen LogP contribution in [0.25, 0.3) is 0 Å². The molecule has 4 saturated heterocycles. The maximum Gasteiger partial charge on any atom is 0.407 e. The van der Waals surface area contributed by atoms with Gasteiger partial charge in [0.15, 0.2) is 11.6 Å². The molecule has 14 heteroatoms. The van der Waals surface area contributed by atoms with Gasteiger partial charge in [0.05, 0.1) is 31.9 Å². The molecule has 13 nitrogen and oxygen atoms in total. The van der Waals surface area contributed by atoms with Crippen molar-refractivity contribution < 1.29 is 37.8 Å². The van der Waals surface area contributed by atoms with Crippen LogP contribution in [-0.4, -0.2) is 101 Å². The molecule has 8 aliphatic rings. The lowest BCUT2D eigenvalue weighted by Crippen LogP contribution is -2.64. The number of aromatic nitrogens is 1. The molecule has 9 atom stereocenters. The topological polar surface area (TPSA) is 163 Å². The number of alkyl carbamates (subject to hydrolysis) is 1. The lowest BCUT2D eigenvalue weighted by atomic mass is 9.59. The Morgan fingerprint density at radius 2 is 2.07 bits per heavy atom. The van der Waals surface area contributed by atoms with E-state index in [1.54, 1.807) is 12.1 Å². The SMILES string of the molecule is COC(=O)N[C@@H](C(=O)N1C[C@@H]2[C@H]3C[C@@H]([C@@H]2[C@H]1C(=O)N1C[C@@]2(C[C@H]1C#N)Oc1cccnc1NC2=O)[C@H](F)C3)C12COC(C)(C1)C2. The Balaban J connectivity index is 1.14. The number of methoxy groups -OCH3 is 1. The van der Waals surface area contributed by atoms with Crippen LogP contribution in [0.1, 0.15) is 39.0 Å². The highest BCUT2D eigenvalue weighted by atomic mass is 19.1. The molecule has 1 spiro atoms. The van der Waals surface area contributed by atoms with Gasteiger partial charge in [0, 0.05) is 24.6 Å². The van der Waals surface area contributed by atoms with Crippen LogP contribution in [0.2, 0.25) is 0 Å². The van der Waals surface area contributed by atoms with Crippen molar-refractivity contribution in [2.75, 3.05) is 32.1 Å². The maximum atomic E-state index is 15.3. The van der Waals surface area contributed by atoms with Gasteiger partial charge in [0.1, 0.15) is 24.3 Å². The predicted molar refractivity (Wildman–Crippen MR) is 151 cm³/mol. The fraction of sp³-hybridized carbons (Fsp3) is 0.677. The molecule has 3 aliphatic carbocycles. The fourth-order valence-corrected chi connectivity index (χ4v) is 9.99. The minimum absolute atomic E-state index is 0.0308. The molecular formula is C31H35FN6O7. The number of carbonyl (C=O) groups excluding carboxylic acids is 4. The highest BCUT2D eigenvalue weighted by Crippen LogP contribution is 2.62. The molecule has 1 aromatic rings. The molecule has 9 rings (SSSR count). The van der Waals surface area contributed by atoms with E-state index in [0.29, 0.717) is 31.4 Å². The molecule has 0 radical (unpaired) electrons. The Kier molecular flexibility index (Phi) is 6.02. The van der Waals surface area contributed by atoms with E-state index in [4.69, 9.17) is 14.2 Å². The summed E-state index contributed by atoms with van der Waals surface area (Å²) in [4.78, 5) is 62.2. The summed E-state index contributed by atoms with van der Waals surface area (Å²) in [5.41, 5.74) is -2.57. The van der Waals surface area contributed by atoms with Crippen LogP contribution in [0.5, 0.6) is 5.75 Å². The molecule has 0 unspecified atom stereocenters. The molecule has 7 fully saturated rings. The first-order valence-electron chi connectivity index (χ1n) is 15.6. The molecule has 4 amide bonds. The quantitative estimate of drug-likeness (QED) is 0.505. The first kappa shape index (κ1) is 28.5. The number of alkyl halides is 1. The molecule has 0 aromatic carbocycles. The van der Waals surface area contributed by atoms with Gasteiger partial charge in [-0.3, -0.25) is 14.4 Å². The number of hydrogen-bond donors (Lipinski definition) is 2. The van der Waals surface area contributed by atoms with Gasteiger partial charge in [-0.1, -0.05) is 0 Å². The average molecular weight is 623 g/mol. The molecule has 4 bridgehead atoms. The number of carbonyl (C=O) groups is 4. The van der Waals surface area contributed by atoms with Crippen LogP contribution in [-0.2, 0) is 23.9 Å². The number of halogens is 1. The van der Waals surface area contributed by atoms with E-state index in [0.717, 1.165) is 0 Å². The van der Waals surface area contributed by atoms with Crippen molar-refractivity contribution in [1.29, 1.82) is 5.26 Å². The molecule has 6 heterocycles. The van der Waals surface area contributed by atoms with Crippen LogP contribution >= 0.6 is 0 Å². The number of hydrogen-bond acceptors (Lipinski definition) is 9. The van der Waals surface area contributed by atoms with Crippen LogP contribution in [0.4, 0.5) is 15.0 Å². The normalized spacial score (nSPS) is 42.3. The molecule has 3 saturated carbocycles. The van der Waals surface area contributed by atoms with Crippen molar-refractivity contribution >= 4 is 29.6 Å². The van der Waals surface area contributed by atoms with Crippen LogP contribution in [0, 0.1) is 40.4 Å². The standard InChI is InChI=1S/C31H35FN6O7/c1-29-11-30(12-29,14-44-29)23(35-28(42)43-2)26(40)37-10-18-15-6-17(19(32)7-15)21(18)22(37)25(39)38-13-31(8-16(38)9-33)27(41)36-24-20(45-31)4-3-5-34-24/h3-5,15-19,21-23H,6-8,10-14H2,1-2H3,(H,35,42)(H,34,36,41)/t15-,16-,17+,18+,19+,21-,22-,23-,29?,30?,31+/m0/s1. The van der Waals surface area contributed by atoms with E-state index in [1.807, 2.05) is 6.92 Å². The van der Waals surface area contributed by atoms with E-state index < -0.39 is 71.0 Å². The zero-order valence-corrected chi connectivity index (χ0v) is 25.0. The van der Waals surface area contributed by atoms with E-state index in [-0.39, 0.29) is 49.4 Å². The van der Waals surface area contributed by atoms with Gasteiger partial charge in [0.25, 0.3) is 5.91 Å². The largest absolute Gasteiger partial charge is 0.472 e. The van der Waals surface area contributed by atoms with Crippen LogP contribution in [0.15, 0.2) is 18.3 Å². The number of anilines is 1. The number of nitriles is 1. The van der Waals surface area contributed by atoms with Gasteiger partial charge in [-0.2, -0.15) is 5.26 Å². The lowest BCUT2D eigenvalue weighted by Gasteiger charge is -2.47. The Morgan fingerprint density at radius 3 is 2.78 bits per heavy atom. The van der Waals surface area contributed by atoms with E-state index in [9.17, 15) is 24.4 Å². The molecule has 5 aliphatic heterocycles. The van der Waals surface area contributed by atoms with Gasteiger partial charge in [-0.05, 0) is 68.4 Å². The highest BCUT2D eigenvalue weighted by Gasteiger charge is 2.69. The minimum atomic E-state index is -1.53. The first-order valence-corrected chi connectivity index (χ1v) is 15.6. The Labute approximate surface area is 258 Å². The summed E-state index contributed by atoms with van der Waals surface area (Å²) >= 11 is 0. The van der Waals surface area contributed by atoms with E-state index in [1.165, 1.54) is 23.1 Å². The average Bonchev–Trinajstić information content (AvgIpc) is 3.84. The second-order valence-electron chi connectivity index (χ2n) is 14.3. The summed E-state index contributed by atoms with van der Waals surface area (Å²) in [5, 5.41) is 15.7. The highest BCUT2D eigenvalue weighted by molar-refractivity contribution is 6.01. The number of amides is 4. The Bertz CT molecular complexity index is 1540. The number of pyridine rings is 1. The zero-order valence-electron chi connectivity index (χ0n) is 25.0. The van der Waals surface area contributed by atoms with Gasteiger partial charge in [0.2, 0.25) is 17.4 Å². The Morgan fingerprint density at radius 1 is 1.27 bits per heavy atom. The maximum absolute atomic E-state index is 15.3. The number of fused-ring (bicyclic) bond motifs is 7. The number of nitrogens with one attached hydrogen (secondary N) is 2. The first-order chi connectivity index (χ1) is 21.5. The summed E-state index contributed by atoms with van der Waals surface area (Å²) in [7, 11) is 1.22. The summed E-state index contributed by atoms with van der Waals surface area (Å²) in [6, 6.07) is 2.38. The van der Waals surface area contributed by atoms with E-state index >= 15 is 4.39 Å². The Hall–Kier alpha value is -3.99. The van der Waals surface area contributed by atoms with Crippen molar-refractivity contribution in [2.45, 2.75) is 74.5 Å². The molecule has 2 N–H and O–H groups in total. The zero-order chi connectivity index (χ0) is 31.5. The monoisotopic (exact) mass is 622 g/mol. The third-order valence-corrected chi connectivity index (χ3v) is 11.8. The predicted octanol–water partition coefficient (Wildman–Crippen LogP) is 1.39. The van der Waals surface area contributed by atoms with Gasteiger partial charge < -0.3 is 34.6 Å². The molecular weight excluding hydrogens is 587 g/mol. The van der Waals surface area contributed by atoms with Crippen molar-refractivity contribution in [2.24, 2.45) is 29.1 Å². The van der Waals surface area contributed by atoms with Crippen LogP contribution < -0.4 is 15.4 Å². The summed E-state index contributed by atoms with van der Waals surface area (Å²) in [6.45, 7) is 2.27. The van der Waals surface area contributed by atoms with Gasteiger partial charge in [-0.25, -0.2) is 14.2 Å². The third kappa shape index (κ3) is 3.95. The van der Waals surface area contributed by atoms with Crippen molar-refractivity contribution in [3.8, 4) is 11.8 Å². The summed E-state index contributed by atoms with van der Waals surface area (Å²) < 4.78 is 32.3. The minimum Gasteiger partial charge on any atom is -0.472 e. The van der Waals surface area contributed by atoms with Crippen molar-refractivity contribution in [3.05, 3.63) is 18.3 Å².